The van der Waals surface area contributed by atoms with E-state index in [-0.39, 0.29) is 11.9 Å². The number of piperidine rings is 1. The highest BCUT2D eigenvalue weighted by Crippen LogP contribution is 2.23. The van der Waals surface area contributed by atoms with Crippen LogP contribution in [0.1, 0.15) is 77.6 Å². The van der Waals surface area contributed by atoms with Crippen molar-refractivity contribution in [3.63, 3.8) is 0 Å². The lowest BCUT2D eigenvalue weighted by atomic mass is 9.87. The minimum atomic E-state index is 0.0489. The molecule has 0 spiro atoms. The summed E-state index contributed by atoms with van der Waals surface area (Å²) in [7, 11) is 1.73. The molecular formula is C17H34N2O. The summed E-state index contributed by atoms with van der Waals surface area (Å²) in [6, 6.07) is 0.0489. The van der Waals surface area contributed by atoms with Crippen LogP contribution in [-0.4, -0.2) is 25.5 Å². The van der Waals surface area contributed by atoms with Crippen molar-refractivity contribution in [1.29, 1.82) is 0 Å². The molecule has 20 heavy (non-hydrogen) atoms. The molecule has 3 nitrogen and oxygen atoms in total. The van der Waals surface area contributed by atoms with Crippen molar-refractivity contribution in [2.75, 3.05) is 13.6 Å². The highest BCUT2D eigenvalue weighted by molar-refractivity contribution is 5.81. The van der Waals surface area contributed by atoms with Crippen LogP contribution < -0.4 is 10.6 Å². The van der Waals surface area contributed by atoms with Crippen LogP contribution in [-0.2, 0) is 4.79 Å². The summed E-state index contributed by atoms with van der Waals surface area (Å²) < 4.78 is 0. The Morgan fingerprint density at radius 3 is 2.40 bits per heavy atom. The number of nitrogens with one attached hydrogen (secondary N) is 2. The Kier molecular flexibility index (Phi) is 9.73. The third-order valence-electron chi connectivity index (χ3n) is 4.54. The van der Waals surface area contributed by atoms with E-state index in [9.17, 15) is 4.79 Å². The molecule has 0 saturated carbocycles. The summed E-state index contributed by atoms with van der Waals surface area (Å²) in [6.07, 6.45) is 14.7. The quantitative estimate of drug-likeness (QED) is 0.601. The largest absolute Gasteiger partial charge is 0.358 e. The molecule has 0 radical (unpaired) electrons. The molecule has 2 atom stereocenters. The topological polar surface area (TPSA) is 41.1 Å². The summed E-state index contributed by atoms with van der Waals surface area (Å²) in [5, 5.41) is 6.07. The van der Waals surface area contributed by atoms with E-state index in [0.29, 0.717) is 0 Å². The van der Waals surface area contributed by atoms with E-state index in [4.69, 9.17) is 0 Å². The normalized spacial score (nSPS) is 22.7. The molecule has 2 unspecified atom stereocenters. The van der Waals surface area contributed by atoms with E-state index in [0.717, 1.165) is 18.9 Å². The van der Waals surface area contributed by atoms with Gasteiger partial charge < -0.3 is 10.6 Å². The summed E-state index contributed by atoms with van der Waals surface area (Å²) in [4.78, 5) is 11.6. The molecule has 1 aliphatic heterocycles. The number of rotatable bonds is 10. The van der Waals surface area contributed by atoms with Crippen molar-refractivity contribution in [2.45, 2.75) is 83.6 Å². The van der Waals surface area contributed by atoms with E-state index in [1.165, 1.54) is 64.2 Å². The average Bonchev–Trinajstić information content (AvgIpc) is 2.49. The van der Waals surface area contributed by atoms with Gasteiger partial charge in [-0.2, -0.15) is 0 Å². The van der Waals surface area contributed by atoms with Crippen molar-refractivity contribution >= 4 is 5.91 Å². The molecule has 1 saturated heterocycles. The van der Waals surface area contributed by atoms with Crippen LogP contribution in [0.4, 0.5) is 0 Å². The maximum absolute atomic E-state index is 11.6. The number of unbranched alkanes of at least 4 members (excludes halogenated alkanes) is 7. The van der Waals surface area contributed by atoms with Crippen molar-refractivity contribution in [1.82, 2.24) is 10.6 Å². The Balaban J connectivity index is 2.00. The van der Waals surface area contributed by atoms with Gasteiger partial charge in [-0.05, 0) is 25.3 Å². The average molecular weight is 282 g/mol. The molecule has 0 aromatic heterocycles. The van der Waals surface area contributed by atoms with E-state index >= 15 is 0 Å². The Morgan fingerprint density at radius 1 is 1.10 bits per heavy atom. The van der Waals surface area contributed by atoms with Gasteiger partial charge in [0.05, 0.1) is 6.04 Å². The predicted molar refractivity (Wildman–Crippen MR) is 85.8 cm³/mol. The van der Waals surface area contributed by atoms with Gasteiger partial charge in [0, 0.05) is 7.05 Å². The Bertz CT molecular complexity index is 255. The molecule has 0 aliphatic carbocycles. The summed E-state index contributed by atoms with van der Waals surface area (Å²) >= 11 is 0. The van der Waals surface area contributed by atoms with Crippen LogP contribution in [0.5, 0.6) is 0 Å². The fourth-order valence-corrected chi connectivity index (χ4v) is 3.20. The van der Waals surface area contributed by atoms with Gasteiger partial charge in [-0.15, -0.1) is 0 Å². The molecule has 0 aromatic rings. The number of hydrogen-bond donors (Lipinski definition) is 2. The van der Waals surface area contributed by atoms with Gasteiger partial charge in [0.15, 0.2) is 0 Å². The lowest BCUT2D eigenvalue weighted by Crippen LogP contribution is -2.47. The van der Waals surface area contributed by atoms with E-state index in [2.05, 4.69) is 17.6 Å². The first-order valence-electron chi connectivity index (χ1n) is 8.73. The number of carbonyl (C=O) groups excluding carboxylic acids is 1. The Morgan fingerprint density at radius 2 is 1.75 bits per heavy atom. The van der Waals surface area contributed by atoms with Crippen molar-refractivity contribution in [2.24, 2.45) is 5.92 Å². The second kappa shape index (κ2) is 11.1. The molecule has 2 N–H and O–H groups in total. The molecule has 1 heterocycles. The van der Waals surface area contributed by atoms with Crippen LogP contribution in [0.2, 0.25) is 0 Å². The minimum absolute atomic E-state index is 0.0489. The zero-order valence-corrected chi connectivity index (χ0v) is 13.5. The molecule has 1 aliphatic rings. The van der Waals surface area contributed by atoms with E-state index in [1.54, 1.807) is 7.05 Å². The standard InChI is InChI=1S/C17H34N2O/c1-3-4-5-6-7-8-9-10-11-15-12-13-19-16(14-15)17(20)18-2/h15-16,19H,3-14H2,1-2H3,(H,18,20). The summed E-state index contributed by atoms with van der Waals surface area (Å²) in [5.74, 6) is 0.907. The number of carbonyl (C=O) groups is 1. The van der Waals surface area contributed by atoms with Crippen LogP contribution >= 0.6 is 0 Å². The van der Waals surface area contributed by atoms with Crippen LogP contribution in [0.25, 0.3) is 0 Å². The SMILES string of the molecule is CCCCCCCCCCC1CCNC(C(=O)NC)C1. The monoisotopic (exact) mass is 282 g/mol. The number of hydrogen-bond acceptors (Lipinski definition) is 2. The van der Waals surface area contributed by atoms with Gasteiger partial charge in [-0.1, -0.05) is 64.7 Å². The Hall–Kier alpha value is -0.570. The van der Waals surface area contributed by atoms with Gasteiger partial charge in [0.1, 0.15) is 0 Å². The number of likely N-dealkylation sites (N-methyl/N-ethyl adjacent to an activating group) is 1. The lowest BCUT2D eigenvalue weighted by Gasteiger charge is -2.29. The van der Waals surface area contributed by atoms with Crippen LogP contribution in [0, 0.1) is 5.92 Å². The molecular weight excluding hydrogens is 248 g/mol. The molecule has 3 heteroatoms. The maximum atomic E-state index is 11.6. The van der Waals surface area contributed by atoms with E-state index in [1.807, 2.05) is 0 Å². The molecule has 118 valence electrons. The van der Waals surface area contributed by atoms with E-state index < -0.39 is 0 Å². The second-order valence-electron chi connectivity index (χ2n) is 6.27. The van der Waals surface area contributed by atoms with Crippen molar-refractivity contribution in [3.8, 4) is 0 Å². The number of amides is 1. The van der Waals surface area contributed by atoms with Gasteiger partial charge >= 0.3 is 0 Å². The van der Waals surface area contributed by atoms with Crippen LogP contribution in [0.15, 0.2) is 0 Å². The molecule has 1 fully saturated rings. The molecule has 1 amide bonds. The molecule has 0 bridgehead atoms. The first kappa shape index (κ1) is 17.5. The van der Waals surface area contributed by atoms with Gasteiger partial charge in [0.2, 0.25) is 5.91 Å². The highest BCUT2D eigenvalue weighted by Gasteiger charge is 2.25. The highest BCUT2D eigenvalue weighted by atomic mass is 16.2. The first-order valence-corrected chi connectivity index (χ1v) is 8.73. The van der Waals surface area contributed by atoms with Gasteiger partial charge in [0.25, 0.3) is 0 Å². The zero-order chi connectivity index (χ0) is 14.6. The third-order valence-corrected chi connectivity index (χ3v) is 4.54. The lowest BCUT2D eigenvalue weighted by molar-refractivity contribution is -0.123. The zero-order valence-electron chi connectivity index (χ0n) is 13.5. The summed E-state index contributed by atoms with van der Waals surface area (Å²) in [5.41, 5.74) is 0. The summed E-state index contributed by atoms with van der Waals surface area (Å²) in [6.45, 7) is 3.27. The second-order valence-corrected chi connectivity index (χ2v) is 6.27. The van der Waals surface area contributed by atoms with Crippen LogP contribution in [0.3, 0.4) is 0 Å². The predicted octanol–water partition coefficient (Wildman–Crippen LogP) is 3.63. The minimum Gasteiger partial charge on any atom is -0.358 e. The third kappa shape index (κ3) is 7.28. The van der Waals surface area contributed by atoms with Gasteiger partial charge in [-0.3, -0.25) is 4.79 Å². The van der Waals surface area contributed by atoms with Crippen molar-refractivity contribution < 1.29 is 4.79 Å². The van der Waals surface area contributed by atoms with Gasteiger partial charge in [-0.25, -0.2) is 0 Å². The Labute approximate surface area is 125 Å². The first-order chi connectivity index (χ1) is 9.77. The fourth-order valence-electron chi connectivity index (χ4n) is 3.20. The molecule has 1 rings (SSSR count). The maximum Gasteiger partial charge on any atom is 0.236 e. The fraction of sp³-hybridized carbons (Fsp3) is 0.941. The smallest absolute Gasteiger partial charge is 0.236 e. The molecule has 0 aromatic carbocycles. The van der Waals surface area contributed by atoms with Crippen molar-refractivity contribution in [3.05, 3.63) is 0 Å².